The molecule has 0 spiro atoms. The molecule has 5 nitrogen and oxygen atoms in total. The standard InChI is InChI=1S/C23H23N4O/c1-14-8-4-5-9-18(14)19-12-17(21-15(2)26-28-16(21)3)13-20-22(19)25-23(24-20)27-10-6-7-11-27/h4,8-9,12-13H,6-7,10-11H2,1-3H3,(H,24,25). The minimum absolute atomic E-state index is 0.832. The van der Waals surface area contributed by atoms with Crippen molar-refractivity contribution in [1.29, 1.82) is 0 Å². The molecule has 3 heterocycles. The Bertz CT molecular complexity index is 1150. The molecule has 2 aromatic heterocycles. The van der Waals surface area contributed by atoms with Crippen molar-refractivity contribution >= 4 is 17.0 Å². The van der Waals surface area contributed by atoms with E-state index in [1.807, 2.05) is 26.0 Å². The molecule has 0 aliphatic carbocycles. The number of aryl methyl sites for hydroxylation is 3. The summed E-state index contributed by atoms with van der Waals surface area (Å²) in [5.41, 5.74) is 8.57. The van der Waals surface area contributed by atoms with E-state index < -0.39 is 0 Å². The first-order valence-corrected chi connectivity index (χ1v) is 9.81. The average Bonchev–Trinajstić information content (AvgIpc) is 3.41. The van der Waals surface area contributed by atoms with Crippen LogP contribution in [0.1, 0.15) is 29.9 Å². The smallest absolute Gasteiger partial charge is 0.203 e. The van der Waals surface area contributed by atoms with Gasteiger partial charge in [0.1, 0.15) is 5.76 Å². The van der Waals surface area contributed by atoms with Crippen LogP contribution in [0.25, 0.3) is 33.3 Å². The van der Waals surface area contributed by atoms with Gasteiger partial charge in [0.2, 0.25) is 5.95 Å². The van der Waals surface area contributed by atoms with Crippen molar-refractivity contribution in [3.05, 3.63) is 53.4 Å². The van der Waals surface area contributed by atoms with E-state index in [4.69, 9.17) is 9.51 Å². The molecule has 1 saturated heterocycles. The van der Waals surface area contributed by atoms with Gasteiger partial charge in [0.05, 0.1) is 16.7 Å². The van der Waals surface area contributed by atoms with Crippen molar-refractivity contribution in [1.82, 2.24) is 15.1 Å². The maximum absolute atomic E-state index is 5.43. The average molecular weight is 371 g/mol. The van der Waals surface area contributed by atoms with Crippen molar-refractivity contribution in [3.63, 3.8) is 0 Å². The van der Waals surface area contributed by atoms with Crippen LogP contribution in [0.2, 0.25) is 0 Å². The lowest BCUT2D eigenvalue weighted by Gasteiger charge is -2.12. The monoisotopic (exact) mass is 371 g/mol. The number of hydrogen-bond acceptors (Lipinski definition) is 4. The predicted molar refractivity (Wildman–Crippen MR) is 112 cm³/mol. The topological polar surface area (TPSA) is 58.0 Å². The summed E-state index contributed by atoms with van der Waals surface area (Å²) in [4.78, 5) is 10.9. The molecule has 141 valence electrons. The fraction of sp³-hybridized carbons (Fsp3) is 0.304. The minimum atomic E-state index is 0.832. The van der Waals surface area contributed by atoms with Crippen LogP contribution in [0.15, 0.2) is 34.9 Å². The Morgan fingerprint density at radius 1 is 1.11 bits per heavy atom. The fourth-order valence-corrected chi connectivity index (χ4v) is 4.23. The molecule has 0 atom stereocenters. The highest BCUT2D eigenvalue weighted by atomic mass is 16.5. The van der Waals surface area contributed by atoms with E-state index in [0.717, 1.165) is 63.8 Å². The van der Waals surface area contributed by atoms with Crippen molar-refractivity contribution in [2.45, 2.75) is 33.6 Å². The number of imidazole rings is 1. The molecule has 4 aromatic rings. The second-order valence-corrected chi connectivity index (χ2v) is 7.61. The van der Waals surface area contributed by atoms with Gasteiger partial charge < -0.3 is 14.4 Å². The Balaban J connectivity index is 1.78. The summed E-state index contributed by atoms with van der Waals surface area (Å²) in [6.07, 6.45) is 2.45. The molecule has 0 unspecified atom stereocenters. The van der Waals surface area contributed by atoms with Gasteiger partial charge in [0.25, 0.3) is 0 Å². The number of benzene rings is 2. The van der Waals surface area contributed by atoms with E-state index in [1.54, 1.807) is 0 Å². The van der Waals surface area contributed by atoms with Crippen molar-refractivity contribution in [3.8, 4) is 22.3 Å². The summed E-state index contributed by atoms with van der Waals surface area (Å²) >= 11 is 0. The highest BCUT2D eigenvalue weighted by Crippen LogP contribution is 2.37. The van der Waals surface area contributed by atoms with Crippen LogP contribution in [-0.4, -0.2) is 28.2 Å². The molecule has 2 aromatic carbocycles. The summed E-state index contributed by atoms with van der Waals surface area (Å²) in [5.74, 6) is 1.79. The van der Waals surface area contributed by atoms with E-state index in [-0.39, 0.29) is 0 Å². The number of fused-ring (bicyclic) bond motifs is 1. The molecule has 1 fully saturated rings. The van der Waals surface area contributed by atoms with Gasteiger partial charge in [0, 0.05) is 24.2 Å². The number of hydrogen-bond donors (Lipinski definition) is 1. The van der Waals surface area contributed by atoms with Gasteiger partial charge in [-0.2, -0.15) is 0 Å². The number of aromatic amines is 1. The Kier molecular flexibility index (Phi) is 3.97. The van der Waals surface area contributed by atoms with Crippen molar-refractivity contribution in [2.75, 3.05) is 18.0 Å². The Labute approximate surface area is 164 Å². The molecular formula is C23H23N4O. The van der Waals surface area contributed by atoms with Crippen molar-refractivity contribution in [2.24, 2.45) is 0 Å². The zero-order valence-corrected chi connectivity index (χ0v) is 16.5. The van der Waals surface area contributed by atoms with Crippen LogP contribution in [0.4, 0.5) is 5.95 Å². The van der Waals surface area contributed by atoms with E-state index in [0.29, 0.717) is 0 Å². The first-order valence-electron chi connectivity index (χ1n) is 9.81. The maximum Gasteiger partial charge on any atom is 0.203 e. The molecule has 0 saturated carbocycles. The van der Waals surface area contributed by atoms with Gasteiger partial charge in [0.15, 0.2) is 0 Å². The summed E-state index contributed by atoms with van der Waals surface area (Å²) < 4.78 is 5.43. The lowest BCUT2D eigenvalue weighted by molar-refractivity contribution is 0.393. The predicted octanol–water partition coefficient (Wildman–Crippen LogP) is 5.21. The zero-order valence-electron chi connectivity index (χ0n) is 16.5. The highest BCUT2D eigenvalue weighted by Gasteiger charge is 2.20. The quantitative estimate of drug-likeness (QED) is 0.537. The zero-order chi connectivity index (χ0) is 19.3. The molecule has 28 heavy (non-hydrogen) atoms. The van der Waals surface area contributed by atoms with Gasteiger partial charge in [-0.05, 0) is 74.6 Å². The third-order valence-corrected chi connectivity index (χ3v) is 5.67. The largest absolute Gasteiger partial charge is 0.361 e. The highest BCUT2D eigenvalue weighted by molar-refractivity contribution is 5.98. The number of rotatable bonds is 3. The van der Waals surface area contributed by atoms with Gasteiger partial charge in [-0.15, -0.1) is 0 Å². The normalized spacial score (nSPS) is 14.3. The molecule has 0 bridgehead atoms. The number of aromatic nitrogens is 3. The Morgan fingerprint density at radius 3 is 2.64 bits per heavy atom. The maximum atomic E-state index is 5.43. The Hall–Kier alpha value is -3.08. The van der Waals surface area contributed by atoms with Crippen molar-refractivity contribution < 1.29 is 4.52 Å². The van der Waals surface area contributed by atoms with E-state index >= 15 is 0 Å². The number of H-pyrrole nitrogens is 1. The lowest BCUT2D eigenvalue weighted by atomic mass is 9.94. The fourth-order valence-electron chi connectivity index (χ4n) is 4.23. The molecule has 1 N–H and O–H groups in total. The molecule has 1 radical (unpaired) electrons. The molecule has 5 heteroatoms. The van der Waals surface area contributed by atoms with Crippen LogP contribution < -0.4 is 4.90 Å². The number of anilines is 1. The van der Waals surface area contributed by atoms with Gasteiger partial charge in [-0.1, -0.05) is 17.3 Å². The third kappa shape index (κ3) is 2.70. The van der Waals surface area contributed by atoms with Crippen LogP contribution in [0.3, 0.4) is 0 Å². The Morgan fingerprint density at radius 2 is 1.93 bits per heavy atom. The lowest BCUT2D eigenvalue weighted by Crippen LogP contribution is -2.18. The van der Waals surface area contributed by atoms with E-state index in [9.17, 15) is 0 Å². The van der Waals surface area contributed by atoms with Gasteiger partial charge >= 0.3 is 0 Å². The second-order valence-electron chi connectivity index (χ2n) is 7.61. The van der Waals surface area contributed by atoms with Crippen LogP contribution in [-0.2, 0) is 0 Å². The third-order valence-electron chi connectivity index (χ3n) is 5.67. The summed E-state index contributed by atoms with van der Waals surface area (Å²) in [7, 11) is 0. The number of nitrogens with zero attached hydrogens (tertiary/aromatic N) is 3. The summed E-state index contributed by atoms with van der Waals surface area (Å²) in [6, 6.07) is 13.7. The van der Waals surface area contributed by atoms with Gasteiger partial charge in [-0.25, -0.2) is 4.98 Å². The second kappa shape index (κ2) is 6.51. The first-order chi connectivity index (χ1) is 13.6. The molecule has 5 rings (SSSR count). The van der Waals surface area contributed by atoms with Crippen LogP contribution >= 0.6 is 0 Å². The summed E-state index contributed by atoms with van der Waals surface area (Å²) in [5, 5.41) is 4.15. The minimum Gasteiger partial charge on any atom is -0.361 e. The summed E-state index contributed by atoms with van der Waals surface area (Å²) in [6.45, 7) is 8.20. The molecule has 0 amide bonds. The van der Waals surface area contributed by atoms with Crippen LogP contribution in [0.5, 0.6) is 0 Å². The van der Waals surface area contributed by atoms with E-state index in [1.165, 1.54) is 18.4 Å². The van der Waals surface area contributed by atoms with E-state index in [2.05, 4.69) is 46.2 Å². The molecule has 1 aliphatic rings. The number of nitrogens with one attached hydrogen (secondary N) is 1. The molecular weight excluding hydrogens is 348 g/mol. The molecule has 1 aliphatic heterocycles. The van der Waals surface area contributed by atoms with Gasteiger partial charge in [-0.3, -0.25) is 0 Å². The first kappa shape index (κ1) is 17.0. The SMILES string of the molecule is Cc1cc[c]cc1-c1cc(-c2c(C)noc2C)cc2[nH]c(N3CCCC3)nc12. The van der Waals surface area contributed by atoms with Crippen LogP contribution in [0, 0.1) is 26.8 Å².